The molecule has 0 bridgehead atoms. The highest BCUT2D eigenvalue weighted by Gasteiger charge is 2.42. The van der Waals surface area contributed by atoms with Gasteiger partial charge in [0.1, 0.15) is 29.4 Å². The Balaban J connectivity index is 1.93. The molecule has 0 saturated heterocycles. The monoisotopic (exact) mass is 458 g/mol. The van der Waals surface area contributed by atoms with Crippen LogP contribution in [0.4, 0.5) is 14.5 Å². The van der Waals surface area contributed by atoms with Crippen molar-refractivity contribution in [2.24, 2.45) is 5.92 Å². The SMILES string of the molecule is CNC(C)C(=O)NC(C(=O)N1Cc2ccccc2C1C(=O)Nc1c(F)cccc1F)C(C)C. The summed E-state index contributed by atoms with van der Waals surface area (Å²) in [4.78, 5) is 40.6. The van der Waals surface area contributed by atoms with Crippen LogP contribution >= 0.6 is 0 Å². The van der Waals surface area contributed by atoms with E-state index in [1.54, 1.807) is 52.1 Å². The molecule has 1 aliphatic heterocycles. The molecule has 0 aromatic heterocycles. The second kappa shape index (κ2) is 10.1. The lowest BCUT2D eigenvalue weighted by Crippen LogP contribution is -2.55. The third kappa shape index (κ3) is 5.03. The molecular weight excluding hydrogens is 430 g/mol. The van der Waals surface area contributed by atoms with Gasteiger partial charge in [-0.25, -0.2) is 8.78 Å². The molecule has 0 radical (unpaired) electrons. The molecule has 3 rings (SSSR count). The number of para-hydroxylation sites is 1. The van der Waals surface area contributed by atoms with E-state index in [0.29, 0.717) is 5.56 Å². The van der Waals surface area contributed by atoms with E-state index in [1.165, 1.54) is 11.0 Å². The van der Waals surface area contributed by atoms with Crippen LogP contribution in [0.15, 0.2) is 42.5 Å². The van der Waals surface area contributed by atoms with E-state index in [1.807, 2.05) is 0 Å². The fraction of sp³-hybridized carbons (Fsp3) is 0.375. The van der Waals surface area contributed by atoms with Crippen LogP contribution in [0, 0.1) is 17.6 Å². The Hall–Kier alpha value is -3.33. The van der Waals surface area contributed by atoms with E-state index in [-0.39, 0.29) is 18.4 Å². The molecule has 1 heterocycles. The first-order chi connectivity index (χ1) is 15.6. The van der Waals surface area contributed by atoms with E-state index >= 15 is 0 Å². The molecule has 176 valence electrons. The highest BCUT2D eigenvalue weighted by Crippen LogP contribution is 2.36. The van der Waals surface area contributed by atoms with Gasteiger partial charge in [0.05, 0.1) is 6.04 Å². The molecule has 3 amide bonds. The molecule has 2 aromatic rings. The summed E-state index contributed by atoms with van der Waals surface area (Å²) in [6.07, 6.45) is 0. The smallest absolute Gasteiger partial charge is 0.252 e. The van der Waals surface area contributed by atoms with Gasteiger partial charge in [-0.2, -0.15) is 0 Å². The summed E-state index contributed by atoms with van der Waals surface area (Å²) in [6.45, 7) is 5.38. The van der Waals surface area contributed by atoms with Gasteiger partial charge in [-0.1, -0.05) is 44.2 Å². The highest BCUT2D eigenvalue weighted by molar-refractivity contribution is 6.00. The second-order valence-corrected chi connectivity index (χ2v) is 8.39. The Labute approximate surface area is 191 Å². The first kappa shape index (κ1) is 24.3. The number of nitrogens with one attached hydrogen (secondary N) is 3. The van der Waals surface area contributed by atoms with Crippen molar-refractivity contribution in [3.63, 3.8) is 0 Å². The zero-order valence-electron chi connectivity index (χ0n) is 19.0. The van der Waals surface area contributed by atoms with Gasteiger partial charge < -0.3 is 20.9 Å². The minimum absolute atomic E-state index is 0.132. The summed E-state index contributed by atoms with van der Waals surface area (Å²) in [5.74, 6) is -3.64. The Bertz CT molecular complexity index is 1040. The molecule has 3 unspecified atom stereocenters. The Kier molecular flexibility index (Phi) is 7.43. The van der Waals surface area contributed by atoms with Gasteiger partial charge in [0.2, 0.25) is 11.8 Å². The number of likely N-dealkylation sites (N-methyl/N-ethyl adjacent to an activating group) is 1. The molecule has 3 N–H and O–H groups in total. The van der Waals surface area contributed by atoms with Gasteiger partial charge in [0, 0.05) is 6.54 Å². The van der Waals surface area contributed by atoms with Crippen molar-refractivity contribution in [1.29, 1.82) is 0 Å². The fourth-order valence-corrected chi connectivity index (χ4v) is 3.79. The van der Waals surface area contributed by atoms with Crippen molar-refractivity contribution in [1.82, 2.24) is 15.5 Å². The van der Waals surface area contributed by atoms with Crippen LogP contribution in [-0.4, -0.2) is 41.8 Å². The minimum Gasteiger partial charge on any atom is -0.343 e. The predicted octanol–water partition coefficient (Wildman–Crippen LogP) is 2.74. The van der Waals surface area contributed by atoms with Crippen LogP contribution in [0.5, 0.6) is 0 Å². The first-order valence-electron chi connectivity index (χ1n) is 10.8. The molecular formula is C24H28F2N4O3. The van der Waals surface area contributed by atoms with Crippen LogP contribution in [0.1, 0.15) is 37.9 Å². The van der Waals surface area contributed by atoms with Crippen LogP contribution in [0.2, 0.25) is 0 Å². The Morgan fingerprint density at radius 3 is 2.24 bits per heavy atom. The normalized spacial score (nSPS) is 16.8. The number of amides is 3. The largest absolute Gasteiger partial charge is 0.343 e. The predicted molar refractivity (Wildman–Crippen MR) is 120 cm³/mol. The van der Waals surface area contributed by atoms with Crippen molar-refractivity contribution in [3.8, 4) is 0 Å². The van der Waals surface area contributed by atoms with Gasteiger partial charge in [-0.15, -0.1) is 0 Å². The number of fused-ring (bicyclic) bond motifs is 1. The summed E-state index contributed by atoms with van der Waals surface area (Å²) < 4.78 is 28.3. The molecule has 1 aliphatic rings. The average molecular weight is 459 g/mol. The molecule has 0 saturated carbocycles. The molecule has 3 atom stereocenters. The van der Waals surface area contributed by atoms with Crippen LogP contribution in [-0.2, 0) is 20.9 Å². The van der Waals surface area contributed by atoms with Gasteiger partial charge in [0.25, 0.3) is 5.91 Å². The summed E-state index contributed by atoms with van der Waals surface area (Å²) >= 11 is 0. The number of hydrogen-bond donors (Lipinski definition) is 3. The third-order valence-corrected chi connectivity index (χ3v) is 5.80. The summed E-state index contributed by atoms with van der Waals surface area (Å²) in [6, 6.07) is 7.78. The second-order valence-electron chi connectivity index (χ2n) is 8.39. The standard InChI is InChI=1S/C24H28F2N4O3/c1-13(2)19(28-22(31)14(3)27-4)24(33)30-12-15-8-5-6-9-16(15)21(30)23(32)29-20-17(25)10-7-11-18(20)26/h5-11,13-14,19,21,27H,12H2,1-4H3,(H,28,31)(H,29,32). The van der Waals surface area contributed by atoms with E-state index in [2.05, 4.69) is 16.0 Å². The lowest BCUT2D eigenvalue weighted by Gasteiger charge is -2.31. The summed E-state index contributed by atoms with van der Waals surface area (Å²) in [7, 11) is 1.63. The zero-order valence-corrected chi connectivity index (χ0v) is 19.0. The van der Waals surface area contributed by atoms with E-state index in [9.17, 15) is 23.2 Å². The van der Waals surface area contributed by atoms with E-state index < -0.39 is 47.3 Å². The first-order valence-corrected chi connectivity index (χ1v) is 10.8. The van der Waals surface area contributed by atoms with E-state index in [0.717, 1.165) is 17.7 Å². The van der Waals surface area contributed by atoms with Crippen LogP contribution in [0.25, 0.3) is 0 Å². The Morgan fingerprint density at radius 1 is 1.00 bits per heavy atom. The maximum absolute atomic E-state index is 14.1. The number of hydrogen-bond acceptors (Lipinski definition) is 4. The van der Waals surface area contributed by atoms with Crippen molar-refractivity contribution >= 4 is 23.4 Å². The van der Waals surface area contributed by atoms with Crippen molar-refractivity contribution < 1.29 is 23.2 Å². The molecule has 33 heavy (non-hydrogen) atoms. The van der Waals surface area contributed by atoms with Gasteiger partial charge in [-0.3, -0.25) is 14.4 Å². The number of carbonyl (C=O) groups is 3. The molecule has 0 spiro atoms. The fourth-order valence-electron chi connectivity index (χ4n) is 3.79. The number of carbonyl (C=O) groups excluding carboxylic acids is 3. The topological polar surface area (TPSA) is 90.5 Å². The van der Waals surface area contributed by atoms with Gasteiger partial charge in [-0.05, 0) is 43.1 Å². The number of rotatable bonds is 7. The highest BCUT2D eigenvalue weighted by atomic mass is 19.1. The number of anilines is 1. The van der Waals surface area contributed by atoms with Crippen LogP contribution in [0.3, 0.4) is 0 Å². The number of nitrogens with zero attached hydrogens (tertiary/aromatic N) is 1. The van der Waals surface area contributed by atoms with E-state index in [4.69, 9.17) is 0 Å². The quantitative estimate of drug-likeness (QED) is 0.595. The zero-order chi connectivity index (χ0) is 24.3. The molecule has 0 fully saturated rings. The lowest BCUT2D eigenvalue weighted by molar-refractivity contribution is -0.143. The Morgan fingerprint density at radius 2 is 1.64 bits per heavy atom. The van der Waals surface area contributed by atoms with Crippen molar-refractivity contribution in [2.75, 3.05) is 12.4 Å². The van der Waals surface area contributed by atoms with Gasteiger partial charge >= 0.3 is 0 Å². The molecule has 9 heteroatoms. The maximum atomic E-state index is 14.1. The van der Waals surface area contributed by atoms with Gasteiger partial charge in [0.15, 0.2) is 0 Å². The average Bonchev–Trinajstić information content (AvgIpc) is 3.18. The summed E-state index contributed by atoms with van der Waals surface area (Å²) in [5.41, 5.74) is 0.741. The third-order valence-electron chi connectivity index (χ3n) is 5.80. The molecule has 7 nitrogen and oxygen atoms in total. The number of benzene rings is 2. The van der Waals surface area contributed by atoms with Crippen LogP contribution < -0.4 is 16.0 Å². The summed E-state index contributed by atoms with van der Waals surface area (Å²) in [5, 5.41) is 7.88. The molecule has 0 aliphatic carbocycles. The number of halogens is 2. The van der Waals surface area contributed by atoms with Crippen molar-refractivity contribution in [3.05, 3.63) is 65.2 Å². The maximum Gasteiger partial charge on any atom is 0.252 e. The minimum atomic E-state index is -1.10. The lowest BCUT2D eigenvalue weighted by atomic mass is 10.0. The molecule has 2 aromatic carbocycles. The van der Waals surface area contributed by atoms with Crippen molar-refractivity contribution in [2.45, 2.75) is 45.4 Å².